The van der Waals surface area contributed by atoms with Gasteiger partial charge < -0.3 is 4.57 Å². The van der Waals surface area contributed by atoms with Crippen LogP contribution in [-0.2, 0) is 13.1 Å². The number of nitrogens with zero attached hydrogens (tertiary/aromatic N) is 4. The average molecular weight is 411 g/mol. The van der Waals surface area contributed by atoms with Crippen LogP contribution in [0.4, 0.5) is 0 Å². The van der Waals surface area contributed by atoms with Crippen molar-refractivity contribution in [1.82, 2.24) is 14.3 Å². The second kappa shape index (κ2) is 7.50. The molecular formula is C19H15BrN4O2. The standard InChI is InChI=1S/C19H15BrN4O2/c1-13-17(9-22-24(13)10-14-5-3-2-4-6-14)18(25)12-23-11-16(20)7-15(8-21)19(23)26/h2-7,9,11H,10,12H2,1H3. The lowest BCUT2D eigenvalue weighted by Crippen LogP contribution is -2.26. The zero-order valence-corrected chi connectivity index (χ0v) is 15.6. The molecule has 0 radical (unpaired) electrons. The highest BCUT2D eigenvalue weighted by Crippen LogP contribution is 2.13. The van der Waals surface area contributed by atoms with Gasteiger partial charge in [-0.15, -0.1) is 0 Å². The Kier molecular flexibility index (Phi) is 5.14. The summed E-state index contributed by atoms with van der Waals surface area (Å²) in [5.41, 5.74) is 1.79. The zero-order valence-electron chi connectivity index (χ0n) is 14.0. The largest absolute Gasteiger partial charge is 0.305 e. The number of hydrogen-bond acceptors (Lipinski definition) is 4. The minimum atomic E-state index is -0.488. The van der Waals surface area contributed by atoms with Crippen LogP contribution in [-0.4, -0.2) is 20.1 Å². The van der Waals surface area contributed by atoms with Crippen molar-refractivity contribution in [2.45, 2.75) is 20.0 Å². The summed E-state index contributed by atoms with van der Waals surface area (Å²) < 4.78 is 3.56. The van der Waals surface area contributed by atoms with Gasteiger partial charge in [-0.05, 0) is 34.5 Å². The Morgan fingerprint density at radius 2 is 2.04 bits per heavy atom. The lowest BCUT2D eigenvalue weighted by molar-refractivity contribution is 0.0970. The molecule has 2 aromatic heterocycles. The van der Waals surface area contributed by atoms with Crippen molar-refractivity contribution < 1.29 is 4.79 Å². The number of pyridine rings is 1. The molecule has 0 aliphatic heterocycles. The van der Waals surface area contributed by atoms with Crippen LogP contribution in [0.5, 0.6) is 0 Å². The van der Waals surface area contributed by atoms with E-state index in [0.29, 0.717) is 16.6 Å². The third-order valence-electron chi connectivity index (χ3n) is 4.07. The Hall–Kier alpha value is -2.98. The number of nitriles is 1. The maximum Gasteiger partial charge on any atom is 0.268 e. The molecule has 0 spiro atoms. The minimum Gasteiger partial charge on any atom is -0.305 e. The molecule has 7 heteroatoms. The van der Waals surface area contributed by atoms with E-state index < -0.39 is 5.56 Å². The first kappa shape index (κ1) is 17.8. The van der Waals surface area contributed by atoms with Gasteiger partial charge in [0, 0.05) is 16.4 Å². The Morgan fingerprint density at radius 3 is 2.73 bits per heavy atom. The molecule has 0 fully saturated rings. The molecule has 6 nitrogen and oxygen atoms in total. The van der Waals surface area contributed by atoms with Crippen LogP contribution < -0.4 is 5.56 Å². The van der Waals surface area contributed by atoms with Crippen LogP contribution in [0.1, 0.15) is 27.2 Å². The number of halogens is 1. The zero-order chi connectivity index (χ0) is 18.7. The molecule has 1 aromatic carbocycles. The summed E-state index contributed by atoms with van der Waals surface area (Å²) in [6.07, 6.45) is 3.03. The summed E-state index contributed by atoms with van der Waals surface area (Å²) in [7, 11) is 0. The number of rotatable bonds is 5. The van der Waals surface area contributed by atoms with Gasteiger partial charge in [-0.2, -0.15) is 10.4 Å². The first-order valence-electron chi connectivity index (χ1n) is 7.89. The summed E-state index contributed by atoms with van der Waals surface area (Å²) in [6, 6.07) is 13.1. The molecule has 2 heterocycles. The highest BCUT2D eigenvalue weighted by atomic mass is 79.9. The summed E-state index contributed by atoms with van der Waals surface area (Å²) in [6.45, 7) is 2.24. The second-order valence-electron chi connectivity index (χ2n) is 5.83. The van der Waals surface area contributed by atoms with Crippen molar-refractivity contribution in [2.24, 2.45) is 0 Å². The SMILES string of the molecule is Cc1c(C(=O)Cn2cc(Br)cc(C#N)c2=O)cnn1Cc1ccccc1. The molecule has 0 saturated carbocycles. The first-order chi connectivity index (χ1) is 12.5. The monoisotopic (exact) mass is 410 g/mol. The van der Waals surface area contributed by atoms with Gasteiger partial charge in [0.15, 0.2) is 5.78 Å². The van der Waals surface area contributed by atoms with Gasteiger partial charge in [0.2, 0.25) is 0 Å². The molecule has 0 bridgehead atoms. The van der Waals surface area contributed by atoms with E-state index in [4.69, 9.17) is 5.26 Å². The molecular weight excluding hydrogens is 396 g/mol. The smallest absolute Gasteiger partial charge is 0.268 e. The van der Waals surface area contributed by atoms with Crippen LogP contribution in [0, 0.1) is 18.3 Å². The van der Waals surface area contributed by atoms with Gasteiger partial charge >= 0.3 is 0 Å². The molecule has 3 rings (SSSR count). The summed E-state index contributed by atoms with van der Waals surface area (Å²) in [5.74, 6) is -0.231. The molecule has 0 saturated heterocycles. The molecule has 0 atom stereocenters. The third kappa shape index (κ3) is 3.65. The quantitative estimate of drug-likeness (QED) is 0.605. The molecule has 0 N–H and O–H groups in total. The number of Topliss-reactive ketones (excluding diaryl/α,β-unsaturated/α-hetero) is 1. The Labute approximate surface area is 158 Å². The van der Waals surface area contributed by atoms with Crippen molar-refractivity contribution >= 4 is 21.7 Å². The number of carbonyl (C=O) groups is 1. The van der Waals surface area contributed by atoms with Crippen LogP contribution in [0.25, 0.3) is 0 Å². The Balaban J connectivity index is 1.85. The molecule has 0 aliphatic rings. The van der Waals surface area contributed by atoms with E-state index in [9.17, 15) is 9.59 Å². The maximum absolute atomic E-state index is 12.7. The minimum absolute atomic E-state index is 0.0105. The van der Waals surface area contributed by atoms with Crippen molar-refractivity contribution in [3.63, 3.8) is 0 Å². The molecule has 0 unspecified atom stereocenters. The second-order valence-corrected chi connectivity index (χ2v) is 6.74. The Bertz CT molecular complexity index is 1060. The van der Waals surface area contributed by atoms with E-state index in [1.807, 2.05) is 43.3 Å². The van der Waals surface area contributed by atoms with Crippen LogP contribution >= 0.6 is 15.9 Å². The van der Waals surface area contributed by atoms with Crippen molar-refractivity contribution in [3.8, 4) is 6.07 Å². The van der Waals surface area contributed by atoms with E-state index >= 15 is 0 Å². The fourth-order valence-corrected chi connectivity index (χ4v) is 3.15. The molecule has 3 aromatic rings. The van der Waals surface area contributed by atoms with E-state index in [1.54, 1.807) is 4.68 Å². The predicted molar refractivity (Wildman–Crippen MR) is 100.0 cm³/mol. The molecule has 26 heavy (non-hydrogen) atoms. The molecule has 0 aliphatic carbocycles. The highest BCUT2D eigenvalue weighted by molar-refractivity contribution is 9.10. The topological polar surface area (TPSA) is 80.7 Å². The molecule has 130 valence electrons. The number of carbonyl (C=O) groups excluding carboxylic acids is 1. The van der Waals surface area contributed by atoms with Crippen molar-refractivity contribution in [1.29, 1.82) is 5.26 Å². The van der Waals surface area contributed by atoms with Crippen molar-refractivity contribution in [2.75, 3.05) is 0 Å². The number of hydrogen-bond donors (Lipinski definition) is 0. The number of ketones is 1. The van der Waals surface area contributed by atoms with Gasteiger partial charge in [-0.1, -0.05) is 30.3 Å². The average Bonchev–Trinajstić information content (AvgIpc) is 2.99. The van der Waals surface area contributed by atoms with Crippen LogP contribution in [0.15, 0.2) is 58.1 Å². The Morgan fingerprint density at radius 1 is 1.31 bits per heavy atom. The maximum atomic E-state index is 12.7. The van der Waals surface area contributed by atoms with Gasteiger partial charge in [-0.3, -0.25) is 14.3 Å². The van der Waals surface area contributed by atoms with Crippen LogP contribution in [0.3, 0.4) is 0 Å². The summed E-state index contributed by atoms with van der Waals surface area (Å²) >= 11 is 3.25. The first-order valence-corrected chi connectivity index (χ1v) is 8.68. The third-order valence-corrected chi connectivity index (χ3v) is 4.50. The van der Waals surface area contributed by atoms with Crippen molar-refractivity contribution in [3.05, 3.63) is 86.0 Å². The van der Waals surface area contributed by atoms with Gasteiger partial charge in [-0.25, -0.2) is 0 Å². The van der Waals surface area contributed by atoms with Crippen LogP contribution in [0.2, 0.25) is 0 Å². The van der Waals surface area contributed by atoms with E-state index in [-0.39, 0.29) is 17.9 Å². The number of benzene rings is 1. The normalized spacial score (nSPS) is 10.5. The van der Waals surface area contributed by atoms with E-state index in [0.717, 1.165) is 11.3 Å². The van der Waals surface area contributed by atoms with Gasteiger partial charge in [0.05, 0.1) is 24.8 Å². The lowest BCUT2D eigenvalue weighted by Gasteiger charge is -2.07. The predicted octanol–water partition coefficient (Wildman–Crippen LogP) is 2.92. The lowest BCUT2D eigenvalue weighted by atomic mass is 10.1. The summed E-state index contributed by atoms with van der Waals surface area (Å²) in [5, 5.41) is 13.3. The van der Waals surface area contributed by atoms with E-state index in [1.165, 1.54) is 23.0 Å². The fraction of sp³-hybridized carbons (Fsp3) is 0.158. The number of aromatic nitrogens is 3. The highest BCUT2D eigenvalue weighted by Gasteiger charge is 2.16. The molecule has 0 amide bonds. The fourth-order valence-electron chi connectivity index (χ4n) is 2.67. The van der Waals surface area contributed by atoms with E-state index in [2.05, 4.69) is 21.0 Å². The van der Waals surface area contributed by atoms with Gasteiger partial charge in [0.25, 0.3) is 5.56 Å². The van der Waals surface area contributed by atoms with Gasteiger partial charge in [0.1, 0.15) is 11.6 Å². The summed E-state index contributed by atoms with van der Waals surface area (Å²) in [4.78, 5) is 24.8.